The molecule has 0 bridgehead atoms. The lowest BCUT2D eigenvalue weighted by molar-refractivity contribution is -0.00774. The highest BCUT2D eigenvalue weighted by Gasteiger charge is 2.26. The molecule has 0 radical (unpaired) electrons. The summed E-state index contributed by atoms with van der Waals surface area (Å²) in [6.07, 6.45) is 7.05. The van der Waals surface area contributed by atoms with Gasteiger partial charge >= 0.3 is 0 Å². The van der Waals surface area contributed by atoms with Gasteiger partial charge in [0.2, 0.25) is 0 Å². The Bertz CT molecular complexity index is 441. The number of aryl methyl sites for hydroxylation is 2. The fourth-order valence-electron chi connectivity index (χ4n) is 3.00. The smallest absolute Gasteiger partial charge is 0.0766 e. The van der Waals surface area contributed by atoms with Crippen molar-refractivity contribution >= 4 is 15.9 Å². The molecule has 120 valence electrons. The second-order valence-corrected chi connectivity index (χ2v) is 6.65. The van der Waals surface area contributed by atoms with Gasteiger partial charge in [-0.3, -0.25) is 4.68 Å². The largest absolute Gasteiger partial charge is 0.377 e. The zero-order valence-corrected chi connectivity index (χ0v) is 15.1. The van der Waals surface area contributed by atoms with Crippen molar-refractivity contribution in [2.75, 3.05) is 13.2 Å². The summed E-state index contributed by atoms with van der Waals surface area (Å²) >= 11 is 3.73. The molecule has 0 saturated carbocycles. The lowest BCUT2D eigenvalue weighted by atomic mass is 9.98. The van der Waals surface area contributed by atoms with Gasteiger partial charge in [-0.05, 0) is 54.6 Å². The quantitative estimate of drug-likeness (QED) is 0.814. The van der Waals surface area contributed by atoms with Crippen molar-refractivity contribution in [3.8, 4) is 0 Å². The SMILES string of the molecule is CCCNC(Cc1c(Br)c(CC)nn1C)C1CCCCO1. The molecule has 2 rings (SSSR count). The molecule has 0 aromatic carbocycles. The van der Waals surface area contributed by atoms with Crippen LogP contribution in [0.4, 0.5) is 0 Å². The van der Waals surface area contributed by atoms with Crippen molar-refractivity contribution in [2.45, 2.75) is 64.5 Å². The van der Waals surface area contributed by atoms with Gasteiger partial charge in [-0.15, -0.1) is 0 Å². The Hall–Kier alpha value is -0.390. The predicted octanol–water partition coefficient (Wildman–Crippen LogP) is 3.22. The number of hydrogen-bond donors (Lipinski definition) is 1. The zero-order valence-electron chi connectivity index (χ0n) is 13.5. The Morgan fingerprint density at radius 1 is 1.43 bits per heavy atom. The van der Waals surface area contributed by atoms with E-state index < -0.39 is 0 Å². The van der Waals surface area contributed by atoms with Crippen LogP contribution in [0, 0.1) is 0 Å². The van der Waals surface area contributed by atoms with E-state index in [1.165, 1.54) is 23.0 Å². The summed E-state index contributed by atoms with van der Waals surface area (Å²) < 4.78 is 9.21. The molecule has 2 atom stereocenters. The third-order valence-corrected chi connectivity index (χ3v) is 5.15. The van der Waals surface area contributed by atoms with E-state index >= 15 is 0 Å². The predicted molar refractivity (Wildman–Crippen MR) is 89.7 cm³/mol. The molecule has 0 spiro atoms. The number of ether oxygens (including phenoxy) is 1. The summed E-state index contributed by atoms with van der Waals surface area (Å²) in [5, 5.41) is 8.29. The van der Waals surface area contributed by atoms with Crippen LogP contribution in [0.15, 0.2) is 4.47 Å². The van der Waals surface area contributed by atoms with E-state index in [-0.39, 0.29) is 0 Å². The lowest BCUT2D eigenvalue weighted by Gasteiger charge is -2.31. The van der Waals surface area contributed by atoms with Crippen LogP contribution in [0.1, 0.15) is 50.9 Å². The lowest BCUT2D eigenvalue weighted by Crippen LogP contribution is -2.45. The molecule has 2 heterocycles. The minimum Gasteiger partial charge on any atom is -0.377 e. The van der Waals surface area contributed by atoms with Gasteiger partial charge < -0.3 is 10.1 Å². The van der Waals surface area contributed by atoms with Crippen molar-refractivity contribution in [1.29, 1.82) is 0 Å². The van der Waals surface area contributed by atoms with Crippen molar-refractivity contribution in [3.05, 3.63) is 15.9 Å². The third-order valence-electron chi connectivity index (χ3n) is 4.24. The van der Waals surface area contributed by atoms with E-state index in [0.29, 0.717) is 12.1 Å². The molecule has 1 aliphatic heterocycles. The van der Waals surface area contributed by atoms with Gasteiger partial charge in [-0.1, -0.05) is 13.8 Å². The number of aromatic nitrogens is 2. The minimum absolute atomic E-state index is 0.331. The molecule has 1 saturated heterocycles. The Morgan fingerprint density at radius 2 is 2.24 bits per heavy atom. The highest BCUT2D eigenvalue weighted by Crippen LogP contribution is 2.25. The Kier molecular flexibility index (Phi) is 6.71. The average molecular weight is 358 g/mol. The molecule has 21 heavy (non-hydrogen) atoms. The zero-order chi connectivity index (χ0) is 15.2. The average Bonchev–Trinajstić information content (AvgIpc) is 2.79. The first kappa shape index (κ1) is 17.0. The molecule has 0 aliphatic carbocycles. The maximum Gasteiger partial charge on any atom is 0.0766 e. The van der Waals surface area contributed by atoms with Gasteiger partial charge in [0.1, 0.15) is 0 Å². The molecule has 1 fully saturated rings. The summed E-state index contributed by atoms with van der Waals surface area (Å²) in [6.45, 7) is 6.30. The maximum absolute atomic E-state index is 6.01. The molecule has 1 aliphatic rings. The summed E-state index contributed by atoms with van der Waals surface area (Å²) in [4.78, 5) is 0. The van der Waals surface area contributed by atoms with Gasteiger partial charge in [0.25, 0.3) is 0 Å². The summed E-state index contributed by atoms with van der Waals surface area (Å²) in [6, 6.07) is 0.377. The van der Waals surface area contributed by atoms with Crippen LogP contribution >= 0.6 is 15.9 Å². The van der Waals surface area contributed by atoms with Gasteiger partial charge in [0.05, 0.1) is 22.0 Å². The van der Waals surface area contributed by atoms with Gasteiger partial charge in [-0.25, -0.2) is 0 Å². The van der Waals surface area contributed by atoms with Gasteiger partial charge in [0.15, 0.2) is 0 Å². The molecule has 0 amide bonds. The maximum atomic E-state index is 6.01. The van der Waals surface area contributed by atoms with Crippen LogP contribution < -0.4 is 5.32 Å². The Morgan fingerprint density at radius 3 is 2.81 bits per heavy atom. The molecule has 1 aromatic rings. The molecule has 4 nitrogen and oxygen atoms in total. The number of rotatable bonds is 7. The Labute approximate surface area is 136 Å². The first-order chi connectivity index (χ1) is 10.2. The number of hydrogen-bond acceptors (Lipinski definition) is 3. The van der Waals surface area contributed by atoms with Crippen molar-refractivity contribution in [2.24, 2.45) is 7.05 Å². The highest BCUT2D eigenvalue weighted by molar-refractivity contribution is 9.10. The van der Waals surface area contributed by atoms with E-state index in [1.807, 2.05) is 11.7 Å². The van der Waals surface area contributed by atoms with Crippen LogP contribution in [-0.4, -0.2) is 35.1 Å². The molecule has 5 heteroatoms. The van der Waals surface area contributed by atoms with Gasteiger partial charge in [0, 0.05) is 26.1 Å². The summed E-state index contributed by atoms with van der Waals surface area (Å²) in [7, 11) is 2.04. The number of nitrogens with zero attached hydrogens (tertiary/aromatic N) is 2. The monoisotopic (exact) mass is 357 g/mol. The van der Waals surface area contributed by atoms with Crippen LogP contribution in [0.5, 0.6) is 0 Å². The van der Waals surface area contributed by atoms with Crippen molar-refractivity contribution in [1.82, 2.24) is 15.1 Å². The van der Waals surface area contributed by atoms with Crippen LogP contribution in [-0.2, 0) is 24.6 Å². The Balaban J connectivity index is 2.11. The van der Waals surface area contributed by atoms with E-state index in [4.69, 9.17) is 4.74 Å². The minimum atomic E-state index is 0.331. The number of halogens is 1. The molecule has 1 N–H and O–H groups in total. The molecule has 1 aromatic heterocycles. The van der Waals surface area contributed by atoms with Crippen LogP contribution in [0.2, 0.25) is 0 Å². The topological polar surface area (TPSA) is 39.1 Å². The fraction of sp³-hybridized carbons (Fsp3) is 0.812. The van der Waals surface area contributed by atoms with Crippen molar-refractivity contribution < 1.29 is 4.74 Å². The molecular formula is C16H28BrN3O. The molecule has 2 unspecified atom stereocenters. The van der Waals surface area contributed by atoms with Gasteiger partial charge in [-0.2, -0.15) is 5.10 Å². The van der Waals surface area contributed by atoms with E-state index in [2.05, 4.69) is 40.2 Å². The molecular weight excluding hydrogens is 330 g/mol. The fourth-order valence-corrected chi connectivity index (χ4v) is 3.78. The van der Waals surface area contributed by atoms with Crippen LogP contribution in [0.3, 0.4) is 0 Å². The van der Waals surface area contributed by atoms with E-state index in [0.717, 1.165) is 44.5 Å². The summed E-state index contributed by atoms with van der Waals surface area (Å²) in [5.74, 6) is 0. The number of nitrogens with one attached hydrogen (secondary N) is 1. The third kappa shape index (κ3) is 4.30. The second kappa shape index (κ2) is 8.30. The standard InChI is InChI=1S/C16H28BrN3O/c1-4-9-18-13(15-8-6-7-10-21-15)11-14-16(17)12(5-2)19-20(14)3/h13,15,18H,4-11H2,1-3H3. The first-order valence-corrected chi connectivity index (χ1v) is 9.01. The van der Waals surface area contributed by atoms with E-state index in [1.54, 1.807) is 0 Å². The summed E-state index contributed by atoms with van der Waals surface area (Å²) in [5.41, 5.74) is 2.42. The van der Waals surface area contributed by atoms with Crippen LogP contribution in [0.25, 0.3) is 0 Å². The normalized spacial score (nSPS) is 20.7. The van der Waals surface area contributed by atoms with Crippen molar-refractivity contribution in [3.63, 3.8) is 0 Å². The first-order valence-electron chi connectivity index (χ1n) is 8.22. The second-order valence-electron chi connectivity index (χ2n) is 5.85. The van der Waals surface area contributed by atoms with E-state index in [9.17, 15) is 0 Å². The highest BCUT2D eigenvalue weighted by atomic mass is 79.9.